The van der Waals surface area contributed by atoms with E-state index in [1.807, 2.05) is 31.2 Å². The van der Waals surface area contributed by atoms with Crippen molar-refractivity contribution in [3.63, 3.8) is 0 Å². The van der Waals surface area contributed by atoms with E-state index in [1.165, 1.54) is 0 Å². The van der Waals surface area contributed by atoms with Gasteiger partial charge in [0.25, 0.3) is 0 Å². The molecule has 2 aromatic carbocycles. The lowest BCUT2D eigenvalue weighted by atomic mass is 10.2. The van der Waals surface area contributed by atoms with Gasteiger partial charge >= 0.3 is 0 Å². The fourth-order valence-electron chi connectivity index (χ4n) is 3.49. The summed E-state index contributed by atoms with van der Waals surface area (Å²) in [5, 5.41) is 5.47. The van der Waals surface area contributed by atoms with Crippen molar-refractivity contribution >= 4 is 39.9 Å². The average molecular weight is 447 g/mol. The van der Waals surface area contributed by atoms with Crippen molar-refractivity contribution in [2.24, 2.45) is 5.16 Å². The Kier molecular flexibility index (Phi) is 6.89. The predicted molar refractivity (Wildman–Crippen MR) is 120 cm³/mol. The van der Waals surface area contributed by atoms with Crippen molar-refractivity contribution < 1.29 is 9.57 Å². The summed E-state index contributed by atoms with van der Waals surface area (Å²) in [5.41, 5.74) is 3.78. The van der Waals surface area contributed by atoms with E-state index in [-0.39, 0.29) is 0 Å². The van der Waals surface area contributed by atoms with Crippen LogP contribution in [0.25, 0.3) is 11.0 Å². The van der Waals surface area contributed by atoms with Gasteiger partial charge in [-0.25, -0.2) is 4.98 Å². The van der Waals surface area contributed by atoms with Crippen LogP contribution in [-0.4, -0.2) is 46.5 Å². The molecule has 0 amide bonds. The van der Waals surface area contributed by atoms with Crippen LogP contribution in [0.1, 0.15) is 18.3 Å². The van der Waals surface area contributed by atoms with Crippen molar-refractivity contribution in [1.29, 1.82) is 0 Å². The van der Waals surface area contributed by atoms with Gasteiger partial charge in [0.2, 0.25) is 0 Å². The Balaban J connectivity index is 1.48. The molecule has 0 atom stereocenters. The number of aromatic nitrogens is 2. The predicted octanol–water partition coefficient (Wildman–Crippen LogP) is 4.77. The van der Waals surface area contributed by atoms with Crippen LogP contribution in [0.3, 0.4) is 0 Å². The van der Waals surface area contributed by atoms with Crippen LogP contribution in [0, 0.1) is 0 Å². The fraction of sp³-hybridized carbons (Fsp3) is 0.364. The minimum absolute atomic E-state index is 0.290. The second kappa shape index (κ2) is 9.79. The highest BCUT2D eigenvalue weighted by molar-refractivity contribution is 6.35. The second-order valence-corrected chi connectivity index (χ2v) is 8.17. The SMILES string of the molecule is C/C(Cn1c(CN2CCOCC2)nc2ccccc21)=N\OCc1ccc(Cl)cc1Cl. The molecule has 0 radical (unpaired) electrons. The normalized spacial score (nSPS) is 15.6. The van der Waals surface area contributed by atoms with E-state index >= 15 is 0 Å². The molecule has 0 bridgehead atoms. The Labute approximate surface area is 186 Å². The van der Waals surface area contributed by atoms with Crippen LogP contribution in [0.4, 0.5) is 0 Å². The summed E-state index contributed by atoms with van der Waals surface area (Å²) >= 11 is 12.1. The molecule has 0 N–H and O–H groups in total. The summed E-state index contributed by atoms with van der Waals surface area (Å²) in [7, 11) is 0. The third kappa shape index (κ3) is 5.13. The first-order valence-corrected chi connectivity index (χ1v) is 10.7. The van der Waals surface area contributed by atoms with E-state index in [0.29, 0.717) is 23.2 Å². The number of nitrogens with zero attached hydrogens (tertiary/aromatic N) is 4. The van der Waals surface area contributed by atoms with E-state index in [0.717, 1.165) is 61.0 Å². The largest absolute Gasteiger partial charge is 0.391 e. The Morgan fingerprint density at radius 2 is 1.97 bits per heavy atom. The average Bonchev–Trinajstić information content (AvgIpc) is 3.07. The summed E-state index contributed by atoms with van der Waals surface area (Å²) < 4.78 is 7.68. The highest BCUT2D eigenvalue weighted by Gasteiger charge is 2.17. The maximum Gasteiger partial charge on any atom is 0.143 e. The molecule has 158 valence electrons. The number of benzene rings is 2. The van der Waals surface area contributed by atoms with Gasteiger partial charge in [-0.2, -0.15) is 0 Å². The van der Waals surface area contributed by atoms with Gasteiger partial charge in [-0.05, 0) is 31.2 Å². The molecule has 30 heavy (non-hydrogen) atoms. The molecule has 1 fully saturated rings. The van der Waals surface area contributed by atoms with E-state index < -0.39 is 0 Å². The number of rotatable bonds is 7. The van der Waals surface area contributed by atoms with Gasteiger partial charge < -0.3 is 14.1 Å². The Morgan fingerprint density at radius 1 is 1.17 bits per heavy atom. The number of fused-ring (bicyclic) bond motifs is 1. The van der Waals surface area contributed by atoms with Crippen molar-refractivity contribution in [2.45, 2.75) is 26.6 Å². The van der Waals surface area contributed by atoms with Gasteiger partial charge in [0.05, 0.1) is 43.0 Å². The number of morpholine rings is 1. The zero-order valence-electron chi connectivity index (χ0n) is 16.9. The van der Waals surface area contributed by atoms with Crippen LogP contribution in [0.15, 0.2) is 47.6 Å². The van der Waals surface area contributed by atoms with Crippen LogP contribution < -0.4 is 0 Å². The molecule has 8 heteroatoms. The second-order valence-electron chi connectivity index (χ2n) is 7.33. The number of halogens is 2. The number of oxime groups is 1. The molecule has 6 nitrogen and oxygen atoms in total. The number of ether oxygens (including phenoxy) is 1. The van der Waals surface area contributed by atoms with Gasteiger partial charge in [0, 0.05) is 28.7 Å². The molecule has 1 aliphatic heterocycles. The van der Waals surface area contributed by atoms with Crippen molar-refractivity contribution in [1.82, 2.24) is 14.5 Å². The molecular formula is C22H24Cl2N4O2. The Bertz CT molecular complexity index is 1040. The first-order valence-electron chi connectivity index (χ1n) is 9.94. The van der Waals surface area contributed by atoms with Gasteiger partial charge in [0.15, 0.2) is 0 Å². The number of para-hydroxylation sites is 2. The third-order valence-electron chi connectivity index (χ3n) is 5.04. The highest BCUT2D eigenvalue weighted by atomic mass is 35.5. The summed E-state index contributed by atoms with van der Waals surface area (Å²) in [4.78, 5) is 12.8. The lowest BCUT2D eigenvalue weighted by Crippen LogP contribution is -2.36. The van der Waals surface area contributed by atoms with Crippen molar-refractivity contribution in [3.05, 3.63) is 63.9 Å². The monoisotopic (exact) mass is 446 g/mol. The molecule has 2 heterocycles. The van der Waals surface area contributed by atoms with E-state index in [1.54, 1.807) is 12.1 Å². The Hall–Kier alpha value is -2.12. The topological polar surface area (TPSA) is 51.9 Å². The van der Waals surface area contributed by atoms with E-state index in [4.69, 9.17) is 37.8 Å². The first kappa shape index (κ1) is 21.1. The summed E-state index contributed by atoms with van der Waals surface area (Å²) in [5.74, 6) is 1.02. The van der Waals surface area contributed by atoms with Gasteiger partial charge in [-0.1, -0.05) is 46.6 Å². The summed E-state index contributed by atoms with van der Waals surface area (Å²) in [6, 6.07) is 13.5. The molecule has 0 unspecified atom stereocenters. The third-order valence-corrected chi connectivity index (χ3v) is 5.63. The van der Waals surface area contributed by atoms with Gasteiger partial charge in [-0.15, -0.1) is 0 Å². The lowest BCUT2D eigenvalue weighted by Gasteiger charge is -2.26. The number of imidazole rings is 1. The number of hydrogen-bond acceptors (Lipinski definition) is 5. The summed E-state index contributed by atoms with van der Waals surface area (Å²) in [6.45, 7) is 7.00. The van der Waals surface area contributed by atoms with Crippen LogP contribution in [0.2, 0.25) is 10.0 Å². The minimum atomic E-state index is 0.290. The van der Waals surface area contributed by atoms with Gasteiger partial charge in [0.1, 0.15) is 12.4 Å². The molecule has 0 aliphatic carbocycles. The molecular weight excluding hydrogens is 423 g/mol. The summed E-state index contributed by atoms with van der Waals surface area (Å²) in [6.07, 6.45) is 0. The van der Waals surface area contributed by atoms with Crippen LogP contribution >= 0.6 is 23.2 Å². The smallest absolute Gasteiger partial charge is 0.143 e. The number of hydrogen-bond donors (Lipinski definition) is 0. The molecule has 4 rings (SSSR count). The van der Waals surface area contributed by atoms with E-state index in [2.05, 4.69) is 20.7 Å². The zero-order chi connectivity index (χ0) is 20.9. The molecule has 1 saturated heterocycles. The molecule has 1 aromatic heterocycles. The molecule has 0 spiro atoms. The van der Waals surface area contributed by atoms with E-state index in [9.17, 15) is 0 Å². The van der Waals surface area contributed by atoms with Crippen molar-refractivity contribution in [3.8, 4) is 0 Å². The lowest BCUT2D eigenvalue weighted by molar-refractivity contribution is 0.0327. The van der Waals surface area contributed by atoms with Crippen LogP contribution in [-0.2, 0) is 29.3 Å². The zero-order valence-corrected chi connectivity index (χ0v) is 18.4. The molecule has 3 aromatic rings. The highest BCUT2D eigenvalue weighted by Crippen LogP contribution is 2.22. The Morgan fingerprint density at radius 3 is 2.77 bits per heavy atom. The maximum atomic E-state index is 6.20. The minimum Gasteiger partial charge on any atom is -0.391 e. The fourth-order valence-corrected chi connectivity index (χ4v) is 3.95. The first-order chi connectivity index (χ1) is 14.6. The molecule has 0 saturated carbocycles. The standard InChI is InChI=1S/C22H24Cl2N4O2/c1-16(26-30-15-17-6-7-18(23)12-19(17)24)13-28-21-5-3-2-4-20(21)25-22(28)14-27-8-10-29-11-9-27/h2-7,12H,8-11,13-15H2,1H3/b26-16+. The van der Waals surface area contributed by atoms with Crippen LogP contribution in [0.5, 0.6) is 0 Å². The molecule has 1 aliphatic rings. The van der Waals surface area contributed by atoms with Gasteiger partial charge in [-0.3, -0.25) is 4.90 Å². The quantitative estimate of drug-likeness (QED) is 0.387. The maximum absolute atomic E-state index is 6.20. The van der Waals surface area contributed by atoms with Crippen molar-refractivity contribution in [2.75, 3.05) is 26.3 Å².